The molecule has 4 heteroatoms. The van der Waals surface area contributed by atoms with E-state index < -0.39 is 0 Å². The molecule has 0 saturated carbocycles. The molecule has 0 spiro atoms. The number of phenols is 4. The fraction of sp³-hybridized carbons (Fsp3) is 0. The number of aromatic hydroxyl groups is 4. The molecule has 0 aliphatic rings. The van der Waals surface area contributed by atoms with Gasteiger partial charge in [-0.15, -0.1) is 0 Å². The van der Waals surface area contributed by atoms with Crippen molar-refractivity contribution < 1.29 is 20.4 Å². The van der Waals surface area contributed by atoms with Crippen LogP contribution in [-0.4, -0.2) is 20.4 Å². The summed E-state index contributed by atoms with van der Waals surface area (Å²) >= 11 is 0. The Kier molecular flexibility index (Phi) is 7.98. The zero-order valence-electron chi connectivity index (χ0n) is 23.8. The van der Waals surface area contributed by atoms with E-state index in [1.807, 2.05) is 133 Å². The number of hydrogen-bond acceptors (Lipinski definition) is 4. The number of hydrogen-bond donors (Lipinski definition) is 4. The van der Waals surface area contributed by atoms with Gasteiger partial charge in [-0.2, -0.15) is 0 Å². The summed E-state index contributed by atoms with van der Waals surface area (Å²) < 4.78 is 0. The second kappa shape index (κ2) is 12.5. The Bertz CT molecular complexity index is 2070. The lowest BCUT2D eigenvalue weighted by Gasteiger charge is -2.14. The first-order valence-electron chi connectivity index (χ1n) is 14.3. The lowest BCUT2D eigenvalue weighted by Crippen LogP contribution is -1.86. The van der Waals surface area contributed by atoms with Gasteiger partial charge in [0.2, 0.25) is 0 Å². The summed E-state index contributed by atoms with van der Waals surface area (Å²) in [5, 5.41) is 47.5. The van der Waals surface area contributed by atoms with Crippen LogP contribution in [0.4, 0.5) is 0 Å². The van der Waals surface area contributed by atoms with Crippen LogP contribution in [-0.2, 0) is 0 Å². The maximum absolute atomic E-state index is 10.4. The van der Waals surface area contributed by atoms with Crippen molar-refractivity contribution in [3.8, 4) is 34.1 Å². The molecule has 44 heavy (non-hydrogen) atoms. The summed E-state index contributed by atoms with van der Waals surface area (Å²) in [7, 11) is 0. The van der Waals surface area contributed by atoms with Crippen LogP contribution in [0.25, 0.3) is 54.2 Å². The molecule has 0 aromatic heterocycles. The predicted octanol–water partition coefficient (Wildman–Crippen LogP) is 10.2. The molecule has 0 heterocycles. The number of rotatable bonds is 1. The van der Waals surface area contributed by atoms with E-state index in [1.165, 1.54) is 0 Å². The molecule has 8 rings (SSSR count). The largest absolute Gasteiger partial charge is 0.507 e. The van der Waals surface area contributed by atoms with Gasteiger partial charge in [0.25, 0.3) is 0 Å². The number of benzene rings is 8. The van der Waals surface area contributed by atoms with E-state index in [2.05, 4.69) is 0 Å². The zero-order valence-corrected chi connectivity index (χ0v) is 23.8. The van der Waals surface area contributed by atoms with E-state index in [-0.39, 0.29) is 11.5 Å². The average molecular weight is 575 g/mol. The number of fused-ring (bicyclic) bond motifs is 4. The highest BCUT2D eigenvalue weighted by molar-refractivity contribution is 6.09. The lowest BCUT2D eigenvalue weighted by atomic mass is 9.92. The summed E-state index contributed by atoms with van der Waals surface area (Å²) in [4.78, 5) is 0. The fourth-order valence-corrected chi connectivity index (χ4v) is 5.46. The van der Waals surface area contributed by atoms with Crippen molar-refractivity contribution in [3.63, 3.8) is 0 Å². The van der Waals surface area contributed by atoms with Crippen molar-refractivity contribution in [2.24, 2.45) is 0 Å². The molecule has 0 radical (unpaired) electrons. The van der Waals surface area contributed by atoms with E-state index in [0.29, 0.717) is 22.6 Å². The van der Waals surface area contributed by atoms with Gasteiger partial charge in [0.05, 0.1) is 0 Å². The molecule has 214 valence electrons. The van der Waals surface area contributed by atoms with Crippen LogP contribution in [0, 0.1) is 0 Å². The maximum Gasteiger partial charge on any atom is 0.124 e. The molecular formula is C40H30O4. The minimum absolute atomic E-state index is 0.172. The lowest BCUT2D eigenvalue weighted by molar-refractivity contribution is 0.470. The predicted molar refractivity (Wildman–Crippen MR) is 181 cm³/mol. The van der Waals surface area contributed by atoms with Crippen molar-refractivity contribution in [1.82, 2.24) is 0 Å². The van der Waals surface area contributed by atoms with Crippen molar-refractivity contribution in [1.29, 1.82) is 0 Å². The summed E-state index contributed by atoms with van der Waals surface area (Å²) in [6, 6.07) is 49.4. The van der Waals surface area contributed by atoms with Crippen LogP contribution in [0.3, 0.4) is 0 Å². The molecule has 0 saturated heterocycles. The van der Waals surface area contributed by atoms with Crippen LogP contribution in [0.2, 0.25) is 0 Å². The zero-order chi connectivity index (χ0) is 30.5. The summed E-state index contributed by atoms with van der Waals surface area (Å²) in [6.07, 6.45) is 0. The van der Waals surface area contributed by atoms with Crippen molar-refractivity contribution >= 4 is 43.1 Å². The second-order valence-corrected chi connectivity index (χ2v) is 10.4. The Morgan fingerprint density at radius 3 is 0.886 bits per heavy atom. The third kappa shape index (κ3) is 5.69. The van der Waals surface area contributed by atoms with Crippen LogP contribution in [0.1, 0.15) is 0 Å². The first kappa shape index (κ1) is 28.1. The molecule has 4 N–H and O–H groups in total. The molecule has 8 aromatic carbocycles. The van der Waals surface area contributed by atoms with E-state index >= 15 is 0 Å². The Hall–Kier alpha value is -6.00. The topological polar surface area (TPSA) is 80.9 Å². The van der Waals surface area contributed by atoms with E-state index in [0.717, 1.165) is 43.1 Å². The highest BCUT2D eigenvalue weighted by atomic mass is 16.3. The molecule has 0 aliphatic carbocycles. The Labute approximate surface area is 255 Å². The van der Waals surface area contributed by atoms with Crippen LogP contribution in [0.5, 0.6) is 23.0 Å². The molecular weight excluding hydrogens is 544 g/mol. The van der Waals surface area contributed by atoms with E-state index in [9.17, 15) is 20.4 Å². The minimum Gasteiger partial charge on any atom is -0.507 e. The van der Waals surface area contributed by atoms with Crippen molar-refractivity contribution in [3.05, 3.63) is 158 Å². The van der Waals surface area contributed by atoms with Gasteiger partial charge in [-0.25, -0.2) is 0 Å². The Balaban J connectivity index is 0.000000130. The summed E-state index contributed by atoms with van der Waals surface area (Å²) in [6.45, 7) is 0. The quantitative estimate of drug-likeness (QED) is 0.157. The van der Waals surface area contributed by atoms with Gasteiger partial charge in [0.1, 0.15) is 23.0 Å². The second-order valence-electron chi connectivity index (χ2n) is 10.4. The van der Waals surface area contributed by atoms with Gasteiger partial charge in [-0.1, -0.05) is 133 Å². The van der Waals surface area contributed by atoms with Gasteiger partial charge in [-0.05, 0) is 56.6 Å². The smallest absolute Gasteiger partial charge is 0.124 e. The molecule has 0 fully saturated rings. The molecule has 8 aromatic rings. The van der Waals surface area contributed by atoms with E-state index in [4.69, 9.17) is 0 Å². The summed E-state index contributed by atoms with van der Waals surface area (Å²) in [5.41, 5.74) is 1.35. The first-order valence-corrected chi connectivity index (χ1v) is 14.3. The van der Waals surface area contributed by atoms with E-state index in [1.54, 1.807) is 24.3 Å². The van der Waals surface area contributed by atoms with Gasteiger partial charge in [0.15, 0.2) is 0 Å². The van der Waals surface area contributed by atoms with Crippen molar-refractivity contribution in [2.45, 2.75) is 0 Å². The highest BCUT2D eigenvalue weighted by Crippen LogP contribution is 2.44. The highest BCUT2D eigenvalue weighted by Gasteiger charge is 2.16. The third-order valence-corrected chi connectivity index (χ3v) is 7.60. The summed E-state index contributed by atoms with van der Waals surface area (Å²) in [5.74, 6) is 1.04. The third-order valence-electron chi connectivity index (χ3n) is 7.60. The van der Waals surface area contributed by atoms with Crippen molar-refractivity contribution in [2.75, 3.05) is 0 Å². The van der Waals surface area contributed by atoms with Gasteiger partial charge in [0, 0.05) is 21.9 Å². The maximum atomic E-state index is 10.4. The molecule has 0 bridgehead atoms. The Morgan fingerprint density at radius 1 is 0.227 bits per heavy atom. The van der Waals surface area contributed by atoms with Crippen LogP contribution in [0.15, 0.2) is 158 Å². The molecule has 0 unspecified atom stereocenters. The molecule has 0 aliphatic heterocycles. The van der Waals surface area contributed by atoms with Crippen LogP contribution >= 0.6 is 0 Å². The van der Waals surface area contributed by atoms with Gasteiger partial charge < -0.3 is 20.4 Å². The fourth-order valence-electron chi connectivity index (χ4n) is 5.46. The monoisotopic (exact) mass is 574 g/mol. The molecule has 0 atom stereocenters. The molecule has 0 amide bonds. The van der Waals surface area contributed by atoms with Crippen LogP contribution < -0.4 is 0 Å². The van der Waals surface area contributed by atoms with Gasteiger partial charge >= 0.3 is 0 Å². The Morgan fingerprint density at radius 2 is 0.523 bits per heavy atom. The molecule has 4 nitrogen and oxygen atoms in total. The minimum atomic E-state index is 0.172. The number of phenolic OH excluding ortho intramolecular Hbond substituents is 4. The SMILES string of the molecule is Oc1ccc2ccccc2c1-c1c(O)ccc2ccccc12.Oc1cccc2ccccc12.Oc1cccc2ccccc12. The first-order chi connectivity index (χ1) is 21.5. The standard InChI is InChI=1S/C20H14O2.2C10H8O/c21-17-11-9-13-5-1-3-7-15(13)19(17)20-16-8-4-2-6-14(16)10-12-18(20)22;2*11-10-7-3-5-8-4-1-2-6-9(8)10/h1-12,21-22H;2*1-7,11H. The van der Waals surface area contributed by atoms with Gasteiger partial charge in [-0.3, -0.25) is 0 Å². The average Bonchev–Trinajstić information content (AvgIpc) is 3.06. The normalized spacial score (nSPS) is 10.6.